The third kappa shape index (κ3) is 4.95. The second-order valence-corrected chi connectivity index (χ2v) is 7.72. The zero-order valence-corrected chi connectivity index (χ0v) is 15.6. The van der Waals surface area contributed by atoms with Crippen molar-refractivity contribution in [2.45, 2.75) is 5.75 Å². The number of sulfonamides is 1. The van der Waals surface area contributed by atoms with Crippen LogP contribution >= 0.6 is 0 Å². The predicted octanol–water partition coefficient (Wildman–Crippen LogP) is 4.08. The van der Waals surface area contributed by atoms with Gasteiger partial charge in [0, 0.05) is 5.69 Å². The number of methoxy groups -OCH3 is 1. The maximum absolute atomic E-state index is 12.4. The molecule has 6 heteroatoms. The second-order valence-electron chi connectivity index (χ2n) is 5.99. The number of hydrogen-bond acceptors (Lipinski definition) is 4. The van der Waals surface area contributed by atoms with E-state index in [2.05, 4.69) is 9.46 Å². The van der Waals surface area contributed by atoms with E-state index in [0.717, 1.165) is 11.1 Å². The summed E-state index contributed by atoms with van der Waals surface area (Å²) in [5, 5.41) is 0. The van der Waals surface area contributed by atoms with E-state index in [0.29, 0.717) is 16.8 Å². The molecule has 0 amide bonds. The molecule has 0 aliphatic carbocycles. The summed E-state index contributed by atoms with van der Waals surface area (Å²) in [6.45, 7) is 0. The van der Waals surface area contributed by atoms with Crippen LogP contribution in [0.1, 0.15) is 15.9 Å². The summed E-state index contributed by atoms with van der Waals surface area (Å²) < 4.78 is 32.0. The van der Waals surface area contributed by atoms with Gasteiger partial charge in [0.15, 0.2) is 0 Å². The Morgan fingerprint density at radius 3 is 2.04 bits per heavy atom. The van der Waals surface area contributed by atoms with Crippen LogP contribution in [0.2, 0.25) is 0 Å². The number of benzene rings is 3. The van der Waals surface area contributed by atoms with Gasteiger partial charge < -0.3 is 4.74 Å². The average molecular weight is 381 g/mol. The Labute approximate surface area is 158 Å². The lowest BCUT2D eigenvalue weighted by Crippen LogP contribution is -2.15. The van der Waals surface area contributed by atoms with Gasteiger partial charge in [0.2, 0.25) is 10.0 Å². The van der Waals surface area contributed by atoms with Gasteiger partial charge in [-0.25, -0.2) is 13.2 Å². The first kappa shape index (κ1) is 18.7. The highest BCUT2D eigenvalue weighted by Crippen LogP contribution is 2.22. The molecule has 5 nitrogen and oxygen atoms in total. The van der Waals surface area contributed by atoms with E-state index in [9.17, 15) is 13.2 Å². The number of esters is 1. The topological polar surface area (TPSA) is 72.5 Å². The van der Waals surface area contributed by atoms with Gasteiger partial charge in [-0.3, -0.25) is 4.72 Å². The molecule has 0 saturated heterocycles. The van der Waals surface area contributed by atoms with Crippen LogP contribution in [-0.2, 0) is 20.5 Å². The van der Waals surface area contributed by atoms with Crippen molar-refractivity contribution in [3.05, 3.63) is 90.0 Å². The Morgan fingerprint density at radius 2 is 1.44 bits per heavy atom. The van der Waals surface area contributed by atoms with E-state index < -0.39 is 16.0 Å². The normalized spacial score (nSPS) is 11.0. The number of hydrogen-bond donors (Lipinski definition) is 1. The third-order valence-corrected chi connectivity index (χ3v) is 5.26. The maximum atomic E-state index is 12.4. The zero-order valence-electron chi connectivity index (χ0n) is 14.8. The quantitative estimate of drug-likeness (QED) is 0.653. The molecule has 3 aromatic carbocycles. The predicted molar refractivity (Wildman–Crippen MR) is 106 cm³/mol. The third-order valence-electron chi connectivity index (χ3n) is 4.00. The molecule has 0 aliphatic heterocycles. The summed E-state index contributed by atoms with van der Waals surface area (Å²) in [5.74, 6) is -0.643. The minimum atomic E-state index is -3.57. The van der Waals surface area contributed by atoms with Crippen LogP contribution in [0.4, 0.5) is 5.69 Å². The lowest BCUT2D eigenvalue weighted by Gasteiger charge is -2.09. The molecule has 27 heavy (non-hydrogen) atoms. The van der Waals surface area contributed by atoms with Crippen molar-refractivity contribution in [1.82, 2.24) is 0 Å². The molecule has 3 rings (SSSR count). The number of nitrogens with one attached hydrogen (secondary N) is 1. The van der Waals surface area contributed by atoms with Crippen LogP contribution in [0.25, 0.3) is 11.1 Å². The summed E-state index contributed by atoms with van der Waals surface area (Å²) in [7, 11) is -2.27. The highest BCUT2D eigenvalue weighted by molar-refractivity contribution is 7.91. The summed E-state index contributed by atoms with van der Waals surface area (Å²) in [4.78, 5) is 11.4. The summed E-state index contributed by atoms with van der Waals surface area (Å²) >= 11 is 0. The van der Waals surface area contributed by atoms with Crippen LogP contribution in [0.3, 0.4) is 0 Å². The molecular formula is C21H19NO4S. The van der Waals surface area contributed by atoms with Gasteiger partial charge in [0.1, 0.15) is 0 Å². The first-order valence-electron chi connectivity index (χ1n) is 8.30. The first-order chi connectivity index (χ1) is 13.0. The summed E-state index contributed by atoms with van der Waals surface area (Å²) in [5.41, 5.74) is 3.54. The standard InChI is InChI=1S/C21H19NO4S/c1-26-21(23)19-9-7-16(8-10-19)15-27(24,25)22-20-13-11-18(12-14-20)17-5-3-2-4-6-17/h2-14,22H,15H2,1H3. The number of rotatable bonds is 6. The summed E-state index contributed by atoms with van der Waals surface area (Å²) in [6, 6.07) is 23.4. The Balaban J connectivity index is 1.68. The highest BCUT2D eigenvalue weighted by atomic mass is 32.2. The van der Waals surface area contributed by atoms with Crippen LogP contribution in [0.15, 0.2) is 78.9 Å². The molecule has 0 heterocycles. The van der Waals surface area contributed by atoms with Crippen molar-refractivity contribution in [1.29, 1.82) is 0 Å². The largest absolute Gasteiger partial charge is 0.465 e. The molecule has 0 aromatic heterocycles. The Kier molecular flexibility index (Phi) is 5.57. The van der Waals surface area contributed by atoms with E-state index in [-0.39, 0.29) is 5.75 Å². The fourth-order valence-electron chi connectivity index (χ4n) is 2.65. The molecule has 0 saturated carbocycles. The zero-order chi connectivity index (χ0) is 19.3. The van der Waals surface area contributed by atoms with Crippen molar-refractivity contribution >= 4 is 21.7 Å². The van der Waals surface area contributed by atoms with Gasteiger partial charge in [0.25, 0.3) is 0 Å². The van der Waals surface area contributed by atoms with Crippen LogP contribution in [0, 0.1) is 0 Å². The monoisotopic (exact) mass is 381 g/mol. The SMILES string of the molecule is COC(=O)c1ccc(CS(=O)(=O)Nc2ccc(-c3ccccc3)cc2)cc1. The highest BCUT2D eigenvalue weighted by Gasteiger charge is 2.13. The molecule has 138 valence electrons. The van der Waals surface area contributed by atoms with Crippen LogP contribution < -0.4 is 4.72 Å². The lowest BCUT2D eigenvalue weighted by atomic mass is 10.1. The fraction of sp³-hybridized carbons (Fsp3) is 0.0952. The van der Waals surface area contributed by atoms with Crippen LogP contribution in [-0.4, -0.2) is 21.5 Å². The van der Waals surface area contributed by atoms with E-state index in [1.54, 1.807) is 36.4 Å². The molecule has 0 aliphatic rings. The maximum Gasteiger partial charge on any atom is 0.337 e. The minimum Gasteiger partial charge on any atom is -0.465 e. The molecule has 0 fully saturated rings. The Hall–Kier alpha value is -3.12. The molecule has 0 atom stereocenters. The lowest BCUT2D eigenvalue weighted by molar-refractivity contribution is 0.0600. The summed E-state index contributed by atoms with van der Waals surface area (Å²) in [6.07, 6.45) is 0. The molecule has 1 N–H and O–H groups in total. The molecule has 0 spiro atoms. The minimum absolute atomic E-state index is 0.186. The first-order valence-corrected chi connectivity index (χ1v) is 9.95. The van der Waals surface area contributed by atoms with Crippen molar-refractivity contribution < 1.29 is 17.9 Å². The van der Waals surface area contributed by atoms with E-state index >= 15 is 0 Å². The molecular weight excluding hydrogens is 362 g/mol. The van der Waals surface area contributed by atoms with E-state index in [1.165, 1.54) is 7.11 Å². The smallest absolute Gasteiger partial charge is 0.337 e. The molecule has 0 unspecified atom stereocenters. The van der Waals surface area contributed by atoms with Gasteiger partial charge in [0.05, 0.1) is 18.4 Å². The van der Waals surface area contributed by atoms with E-state index in [1.807, 2.05) is 42.5 Å². The fourth-order valence-corrected chi connectivity index (χ4v) is 3.85. The number of ether oxygens (including phenoxy) is 1. The van der Waals surface area contributed by atoms with Gasteiger partial charge in [-0.15, -0.1) is 0 Å². The number of carbonyl (C=O) groups excluding carboxylic acids is 1. The van der Waals surface area contributed by atoms with Crippen molar-refractivity contribution in [3.8, 4) is 11.1 Å². The Morgan fingerprint density at radius 1 is 0.852 bits per heavy atom. The number of carbonyl (C=O) groups is 1. The van der Waals surface area contributed by atoms with E-state index in [4.69, 9.17) is 0 Å². The van der Waals surface area contributed by atoms with Gasteiger partial charge in [-0.1, -0.05) is 54.6 Å². The molecule has 3 aromatic rings. The Bertz CT molecular complexity index is 1010. The average Bonchev–Trinajstić information content (AvgIpc) is 2.68. The number of anilines is 1. The van der Waals surface area contributed by atoms with Gasteiger partial charge in [-0.05, 0) is 41.0 Å². The van der Waals surface area contributed by atoms with Crippen molar-refractivity contribution in [3.63, 3.8) is 0 Å². The molecule has 0 bridgehead atoms. The second kappa shape index (κ2) is 8.05. The van der Waals surface area contributed by atoms with Crippen LogP contribution in [0.5, 0.6) is 0 Å². The van der Waals surface area contributed by atoms with Crippen molar-refractivity contribution in [2.75, 3.05) is 11.8 Å². The van der Waals surface area contributed by atoms with Gasteiger partial charge >= 0.3 is 5.97 Å². The molecule has 0 radical (unpaired) electrons. The van der Waals surface area contributed by atoms with Crippen molar-refractivity contribution in [2.24, 2.45) is 0 Å². The van der Waals surface area contributed by atoms with Gasteiger partial charge in [-0.2, -0.15) is 0 Å².